The van der Waals surface area contributed by atoms with Gasteiger partial charge in [-0.2, -0.15) is 15.2 Å². The average molecular weight is 585 g/mol. The highest BCUT2D eigenvalue weighted by molar-refractivity contribution is 5.94. The molecule has 43 heavy (non-hydrogen) atoms. The Kier molecular flexibility index (Phi) is 7.01. The SMILES string of the molecule is C=CC(=O)N1CCN(c2nc(OC[C@@H]3CCCN3C)nc3c(F)c(-c4cccc5c4C[C@H]4C[C@@H]54)c(F)cc23)C[C@@H]1CC#N. The number of hydrogen-bond donors (Lipinski definition) is 0. The number of piperazine rings is 1. The van der Waals surface area contributed by atoms with Gasteiger partial charge in [0.1, 0.15) is 23.8 Å². The molecule has 222 valence electrons. The second-order valence-corrected chi connectivity index (χ2v) is 12.2. The van der Waals surface area contributed by atoms with E-state index in [-0.39, 0.29) is 47.4 Å². The molecule has 1 saturated carbocycles. The monoisotopic (exact) mass is 584 g/mol. The zero-order valence-electron chi connectivity index (χ0n) is 24.2. The first kappa shape index (κ1) is 27.7. The van der Waals surface area contributed by atoms with Gasteiger partial charge in [-0.3, -0.25) is 4.79 Å². The third-order valence-corrected chi connectivity index (χ3v) is 9.76. The lowest BCUT2D eigenvalue weighted by Crippen LogP contribution is -2.55. The molecule has 0 bridgehead atoms. The summed E-state index contributed by atoms with van der Waals surface area (Å²) in [6.07, 6.45) is 5.37. The van der Waals surface area contributed by atoms with Gasteiger partial charge in [0.15, 0.2) is 5.82 Å². The number of nitriles is 1. The van der Waals surface area contributed by atoms with E-state index in [0.717, 1.165) is 37.8 Å². The number of likely N-dealkylation sites (tertiary alicyclic amines) is 1. The molecule has 0 spiro atoms. The summed E-state index contributed by atoms with van der Waals surface area (Å²) >= 11 is 0. The maximum atomic E-state index is 16.6. The quantitative estimate of drug-likeness (QED) is 0.368. The number of nitrogens with zero attached hydrogens (tertiary/aromatic N) is 6. The molecule has 4 atom stereocenters. The highest BCUT2D eigenvalue weighted by atomic mass is 19.1. The standard InChI is InChI=1S/C33H34F2N6O2/c1-3-28(42)41-13-12-40(17-20(41)9-10-36)32-26-16-27(34)29(23-8-4-7-22-24-14-19(24)15-25(22)23)30(35)31(26)37-33(38-32)43-18-21-6-5-11-39(21)2/h3-4,7-8,16,19-21,24H,1,5-6,9,11-15,17-18H2,2H3/t19-,20+,21+,24-/m1/s1. The van der Waals surface area contributed by atoms with Crippen LogP contribution in [0.25, 0.3) is 22.0 Å². The van der Waals surface area contributed by atoms with Crippen molar-refractivity contribution in [3.8, 4) is 23.2 Å². The number of fused-ring (bicyclic) bond motifs is 4. The highest BCUT2D eigenvalue weighted by Crippen LogP contribution is 2.58. The van der Waals surface area contributed by atoms with Gasteiger partial charge >= 0.3 is 6.01 Å². The Labute approximate surface area is 249 Å². The summed E-state index contributed by atoms with van der Waals surface area (Å²) < 4.78 is 38.7. The van der Waals surface area contributed by atoms with E-state index in [4.69, 9.17) is 4.74 Å². The van der Waals surface area contributed by atoms with Gasteiger partial charge < -0.3 is 19.4 Å². The van der Waals surface area contributed by atoms with E-state index in [9.17, 15) is 10.1 Å². The molecule has 2 aromatic carbocycles. The third-order valence-electron chi connectivity index (χ3n) is 9.76. The average Bonchev–Trinajstić information content (AvgIpc) is 3.50. The first-order chi connectivity index (χ1) is 20.9. The molecule has 0 N–H and O–H groups in total. The fraction of sp³-hybridized carbons (Fsp3) is 0.455. The third kappa shape index (κ3) is 4.80. The molecule has 0 radical (unpaired) electrons. The maximum Gasteiger partial charge on any atom is 0.319 e. The lowest BCUT2D eigenvalue weighted by Gasteiger charge is -2.41. The first-order valence-electron chi connectivity index (χ1n) is 15.1. The van der Waals surface area contributed by atoms with Crippen molar-refractivity contribution in [1.82, 2.24) is 19.8 Å². The fourth-order valence-electron chi connectivity index (χ4n) is 7.34. The zero-order valence-corrected chi connectivity index (χ0v) is 24.2. The van der Waals surface area contributed by atoms with Crippen molar-refractivity contribution in [3.63, 3.8) is 0 Å². The lowest BCUT2D eigenvalue weighted by molar-refractivity contribution is -0.128. The summed E-state index contributed by atoms with van der Waals surface area (Å²) in [6, 6.07) is 9.04. The molecule has 7 rings (SSSR count). The van der Waals surface area contributed by atoms with Gasteiger partial charge in [0.25, 0.3) is 0 Å². The van der Waals surface area contributed by atoms with Crippen LogP contribution in [0.5, 0.6) is 6.01 Å². The smallest absolute Gasteiger partial charge is 0.319 e. The summed E-state index contributed by atoms with van der Waals surface area (Å²) in [5.74, 6) is -0.261. The number of amides is 1. The minimum Gasteiger partial charge on any atom is -0.462 e. The Morgan fingerprint density at radius 1 is 1.23 bits per heavy atom. The largest absolute Gasteiger partial charge is 0.462 e. The van der Waals surface area contributed by atoms with Crippen LogP contribution in [0.4, 0.5) is 14.6 Å². The number of hydrogen-bond acceptors (Lipinski definition) is 7. The Morgan fingerprint density at radius 2 is 2.09 bits per heavy atom. The molecule has 3 aromatic rings. The minimum atomic E-state index is -0.732. The van der Waals surface area contributed by atoms with Crippen LogP contribution in [0, 0.1) is 28.9 Å². The Balaban J connectivity index is 1.32. The molecular weight excluding hydrogens is 550 g/mol. The van der Waals surface area contributed by atoms with Crippen LogP contribution in [0.2, 0.25) is 0 Å². The Morgan fingerprint density at radius 3 is 2.86 bits per heavy atom. The van der Waals surface area contributed by atoms with E-state index in [1.54, 1.807) is 11.0 Å². The van der Waals surface area contributed by atoms with E-state index in [1.165, 1.54) is 17.7 Å². The Bertz CT molecular complexity index is 1670. The van der Waals surface area contributed by atoms with Crippen molar-refractivity contribution in [2.45, 2.75) is 50.1 Å². The van der Waals surface area contributed by atoms with Crippen LogP contribution in [0.15, 0.2) is 36.9 Å². The van der Waals surface area contributed by atoms with E-state index in [2.05, 4.69) is 33.6 Å². The first-order valence-corrected chi connectivity index (χ1v) is 15.1. The van der Waals surface area contributed by atoms with Gasteiger partial charge in [-0.05, 0) is 79.9 Å². The van der Waals surface area contributed by atoms with Crippen molar-refractivity contribution in [2.75, 3.05) is 44.7 Å². The van der Waals surface area contributed by atoms with Gasteiger partial charge in [0.05, 0.1) is 24.1 Å². The molecule has 2 saturated heterocycles. The molecule has 2 aliphatic heterocycles. The number of anilines is 1. The van der Waals surface area contributed by atoms with Gasteiger partial charge in [0.2, 0.25) is 5.91 Å². The lowest BCUT2D eigenvalue weighted by atomic mass is 9.93. The van der Waals surface area contributed by atoms with Crippen molar-refractivity contribution < 1.29 is 18.3 Å². The van der Waals surface area contributed by atoms with E-state index >= 15 is 8.78 Å². The molecule has 0 unspecified atom stereocenters. The van der Waals surface area contributed by atoms with Crippen molar-refractivity contribution in [3.05, 3.63) is 59.7 Å². The van der Waals surface area contributed by atoms with Crippen LogP contribution in [0.3, 0.4) is 0 Å². The number of aromatic nitrogens is 2. The molecular formula is C33H34F2N6O2. The molecule has 4 aliphatic rings. The number of carbonyl (C=O) groups excluding carboxylic acids is 1. The normalized spacial score (nSPS) is 24.5. The minimum absolute atomic E-state index is 0.00151. The molecule has 3 fully saturated rings. The molecule has 2 aliphatic carbocycles. The second-order valence-electron chi connectivity index (χ2n) is 12.2. The molecule has 1 aromatic heterocycles. The van der Waals surface area contributed by atoms with Crippen LogP contribution in [-0.2, 0) is 11.2 Å². The fourth-order valence-corrected chi connectivity index (χ4v) is 7.34. The van der Waals surface area contributed by atoms with Crippen LogP contribution in [0.1, 0.15) is 42.7 Å². The maximum absolute atomic E-state index is 16.6. The molecule has 3 heterocycles. The van der Waals surface area contributed by atoms with Crippen LogP contribution >= 0.6 is 0 Å². The summed E-state index contributed by atoms with van der Waals surface area (Å²) in [6.45, 7) is 5.86. The predicted octanol–water partition coefficient (Wildman–Crippen LogP) is 4.82. The van der Waals surface area contributed by atoms with Gasteiger partial charge in [0, 0.05) is 31.1 Å². The summed E-state index contributed by atoms with van der Waals surface area (Å²) in [5.41, 5.74) is 2.74. The van der Waals surface area contributed by atoms with E-state index < -0.39 is 17.7 Å². The van der Waals surface area contributed by atoms with Crippen LogP contribution < -0.4 is 9.64 Å². The van der Waals surface area contributed by atoms with Crippen molar-refractivity contribution >= 4 is 22.6 Å². The number of rotatable bonds is 7. The summed E-state index contributed by atoms with van der Waals surface area (Å²) in [7, 11) is 2.05. The number of likely N-dealkylation sites (N-methyl/N-ethyl adjacent to an activating group) is 1. The number of benzene rings is 2. The summed E-state index contributed by atoms with van der Waals surface area (Å²) in [4.78, 5) is 27.4. The van der Waals surface area contributed by atoms with E-state index in [0.29, 0.717) is 42.9 Å². The molecule has 8 nitrogen and oxygen atoms in total. The topological polar surface area (TPSA) is 85.6 Å². The Hall–Kier alpha value is -4.10. The molecule has 10 heteroatoms. The predicted molar refractivity (Wildman–Crippen MR) is 159 cm³/mol. The van der Waals surface area contributed by atoms with Gasteiger partial charge in [-0.25, -0.2) is 8.78 Å². The van der Waals surface area contributed by atoms with Gasteiger partial charge in [-0.15, -0.1) is 0 Å². The van der Waals surface area contributed by atoms with Crippen molar-refractivity contribution in [1.29, 1.82) is 5.26 Å². The number of carbonyl (C=O) groups is 1. The number of ether oxygens (including phenoxy) is 1. The van der Waals surface area contributed by atoms with Crippen molar-refractivity contribution in [2.24, 2.45) is 5.92 Å². The summed E-state index contributed by atoms with van der Waals surface area (Å²) in [5, 5.41) is 9.71. The number of halogens is 2. The molecule has 1 amide bonds. The second kappa shape index (κ2) is 10.9. The highest BCUT2D eigenvalue weighted by Gasteiger charge is 2.46. The van der Waals surface area contributed by atoms with Crippen LogP contribution in [-0.4, -0.2) is 77.6 Å². The zero-order chi connectivity index (χ0) is 29.8. The van der Waals surface area contributed by atoms with Gasteiger partial charge in [-0.1, -0.05) is 24.8 Å². The van der Waals surface area contributed by atoms with E-state index in [1.807, 2.05) is 18.0 Å².